The van der Waals surface area contributed by atoms with Gasteiger partial charge in [-0.1, -0.05) is 24.3 Å². The van der Waals surface area contributed by atoms with Gasteiger partial charge in [-0.25, -0.2) is 40.9 Å². The molecule has 0 aliphatic heterocycles. The van der Waals surface area contributed by atoms with E-state index in [1.54, 1.807) is 0 Å². The van der Waals surface area contributed by atoms with Crippen LogP contribution >= 0.6 is 0 Å². The minimum atomic E-state index is -3.79. The average Bonchev–Trinajstić information content (AvgIpc) is 2.98. The van der Waals surface area contributed by atoms with Crippen molar-refractivity contribution in [3.63, 3.8) is 0 Å². The van der Waals surface area contributed by atoms with E-state index < -0.39 is 50.6 Å². The molecule has 0 unspecified atom stereocenters. The molecule has 2 aromatic heterocycles. The summed E-state index contributed by atoms with van der Waals surface area (Å²) >= 11 is 0. The van der Waals surface area contributed by atoms with E-state index in [1.807, 2.05) is 20.8 Å². The Labute approximate surface area is 270 Å². The van der Waals surface area contributed by atoms with Crippen LogP contribution in [0.2, 0.25) is 0 Å². The molecule has 250 valence electrons. The summed E-state index contributed by atoms with van der Waals surface area (Å²) < 4.78 is 87.6. The summed E-state index contributed by atoms with van der Waals surface area (Å²) in [6.07, 6.45) is 1.88. The highest BCUT2D eigenvalue weighted by molar-refractivity contribution is 7.89. The Kier molecular flexibility index (Phi) is 10.1. The highest BCUT2D eigenvalue weighted by Crippen LogP contribution is 2.33. The molecular weight excluding hydrogens is 636 g/mol. The van der Waals surface area contributed by atoms with Crippen molar-refractivity contribution in [2.75, 3.05) is 5.32 Å². The van der Waals surface area contributed by atoms with Crippen LogP contribution in [-0.2, 0) is 30.9 Å². The van der Waals surface area contributed by atoms with Crippen LogP contribution in [0.5, 0.6) is 0 Å². The van der Waals surface area contributed by atoms with E-state index in [4.69, 9.17) is 4.74 Å². The molecule has 1 saturated carbocycles. The molecule has 0 atom stereocenters. The number of rotatable bonds is 10. The number of hydrogen-bond acceptors (Lipinski definition) is 8. The van der Waals surface area contributed by atoms with E-state index in [9.17, 15) is 26.4 Å². The van der Waals surface area contributed by atoms with E-state index in [0.29, 0.717) is 12.0 Å². The van der Waals surface area contributed by atoms with Gasteiger partial charge in [-0.15, -0.1) is 0 Å². The third kappa shape index (κ3) is 9.24. The highest BCUT2D eigenvalue weighted by Gasteiger charge is 2.27. The molecule has 5 rings (SSSR count). The molecule has 0 amide bonds. The van der Waals surface area contributed by atoms with Gasteiger partial charge in [0.2, 0.25) is 5.95 Å². The Morgan fingerprint density at radius 2 is 1.68 bits per heavy atom. The molecular formula is C34H36F4N4O4S. The van der Waals surface area contributed by atoms with Crippen LogP contribution in [0.25, 0.3) is 22.3 Å². The standard InChI is InChI=1S/C34H36F4N4O4S/c1-34(2,3)46-30(43)14-20-6-12-25(13-7-20)40-33-39-17-29-31(42-33)26(32(37)38)16-28(41-29)22-8-9-23(27(36)15-22)19-47(44,45)18-21-4-10-24(35)11-5-21/h4-5,8-11,15-17,20,25,32H,6-7,12-14,18-19H2,1-3H3,(H,39,40,42). The Morgan fingerprint density at radius 3 is 2.32 bits per heavy atom. The number of fused-ring (bicyclic) bond motifs is 1. The molecule has 1 aliphatic carbocycles. The average molecular weight is 673 g/mol. The lowest BCUT2D eigenvalue weighted by molar-refractivity contribution is -0.156. The number of nitrogens with one attached hydrogen (secondary N) is 1. The molecule has 13 heteroatoms. The lowest BCUT2D eigenvalue weighted by Gasteiger charge is -2.29. The van der Waals surface area contributed by atoms with Gasteiger partial charge in [0.1, 0.15) is 28.3 Å². The van der Waals surface area contributed by atoms with Crippen molar-refractivity contribution in [3.8, 4) is 11.3 Å². The second-order valence-electron chi connectivity index (χ2n) is 12.9. The summed E-state index contributed by atoms with van der Waals surface area (Å²) in [5.41, 5.74) is -0.371. The number of anilines is 1. The summed E-state index contributed by atoms with van der Waals surface area (Å²) in [6.45, 7) is 5.50. The van der Waals surface area contributed by atoms with Gasteiger partial charge < -0.3 is 10.1 Å². The number of hydrogen-bond donors (Lipinski definition) is 1. The number of carbonyl (C=O) groups excluding carboxylic acids is 1. The summed E-state index contributed by atoms with van der Waals surface area (Å²) in [6, 6.07) is 9.91. The smallest absolute Gasteiger partial charge is 0.306 e. The van der Waals surface area contributed by atoms with Gasteiger partial charge in [0, 0.05) is 29.2 Å². The fraction of sp³-hybridized carbons (Fsp3) is 0.412. The first-order chi connectivity index (χ1) is 22.1. The van der Waals surface area contributed by atoms with Crippen LogP contribution in [0.3, 0.4) is 0 Å². The SMILES string of the molecule is CC(C)(C)OC(=O)CC1CCC(Nc2ncc3nc(-c4ccc(CS(=O)(=O)Cc5ccc(F)cc5)c(F)c4)cc(C(F)F)c3n2)CC1. The number of nitrogens with zero attached hydrogens (tertiary/aromatic N) is 3. The number of esters is 1. The molecule has 0 spiro atoms. The number of halogens is 4. The fourth-order valence-electron chi connectivity index (χ4n) is 5.69. The Balaban J connectivity index is 1.28. The zero-order valence-corrected chi connectivity index (χ0v) is 27.1. The minimum Gasteiger partial charge on any atom is -0.460 e. The summed E-state index contributed by atoms with van der Waals surface area (Å²) in [5, 5.41) is 3.22. The fourth-order valence-corrected chi connectivity index (χ4v) is 7.20. The molecule has 4 aromatic rings. The highest BCUT2D eigenvalue weighted by atomic mass is 32.2. The van der Waals surface area contributed by atoms with Gasteiger partial charge in [-0.05, 0) is 82.2 Å². The number of alkyl halides is 2. The van der Waals surface area contributed by atoms with Crippen LogP contribution in [0.15, 0.2) is 54.7 Å². The van der Waals surface area contributed by atoms with E-state index >= 15 is 4.39 Å². The number of carbonyl (C=O) groups is 1. The number of ether oxygens (including phenoxy) is 1. The van der Waals surface area contributed by atoms with Gasteiger partial charge in [0.15, 0.2) is 9.84 Å². The van der Waals surface area contributed by atoms with Crippen molar-refractivity contribution < 1.29 is 35.5 Å². The molecule has 0 bridgehead atoms. The minimum absolute atomic E-state index is 0.00515. The molecule has 0 saturated heterocycles. The summed E-state index contributed by atoms with van der Waals surface area (Å²) in [4.78, 5) is 25.2. The van der Waals surface area contributed by atoms with Crippen molar-refractivity contribution in [2.24, 2.45) is 5.92 Å². The van der Waals surface area contributed by atoms with E-state index in [0.717, 1.165) is 49.9 Å². The first-order valence-electron chi connectivity index (χ1n) is 15.3. The number of sulfone groups is 1. The van der Waals surface area contributed by atoms with Crippen LogP contribution in [-0.4, -0.2) is 41.0 Å². The van der Waals surface area contributed by atoms with Crippen molar-refractivity contribution in [3.05, 3.63) is 83.1 Å². The topological polar surface area (TPSA) is 111 Å². The first-order valence-corrected chi connectivity index (χ1v) is 17.1. The zero-order valence-electron chi connectivity index (χ0n) is 26.3. The monoisotopic (exact) mass is 672 g/mol. The second kappa shape index (κ2) is 13.9. The maximum Gasteiger partial charge on any atom is 0.306 e. The van der Waals surface area contributed by atoms with Crippen molar-refractivity contribution in [1.82, 2.24) is 15.0 Å². The van der Waals surface area contributed by atoms with E-state index in [-0.39, 0.29) is 51.7 Å². The first kappa shape index (κ1) is 34.2. The third-order valence-electron chi connectivity index (χ3n) is 7.89. The van der Waals surface area contributed by atoms with Gasteiger partial charge in [-0.2, -0.15) is 0 Å². The van der Waals surface area contributed by atoms with Crippen molar-refractivity contribution in [1.29, 1.82) is 0 Å². The van der Waals surface area contributed by atoms with Gasteiger partial charge in [0.05, 0.1) is 23.4 Å². The zero-order chi connectivity index (χ0) is 33.9. The second-order valence-corrected chi connectivity index (χ2v) is 15.0. The predicted octanol–water partition coefficient (Wildman–Crippen LogP) is 7.73. The van der Waals surface area contributed by atoms with Crippen LogP contribution in [0.1, 0.15) is 76.0 Å². The summed E-state index contributed by atoms with van der Waals surface area (Å²) in [5.74, 6) is -2.16. The molecule has 8 nitrogen and oxygen atoms in total. The lowest BCUT2D eigenvalue weighted by atomic mass is 9.84. The molecule has 1 N–H and O–H groups in total. The van der Waals surface area contributed by atoms with E-state index in [2.05, 4.69) is 20.3 Å². The Morgan fingerprint density at radius 1 is 0.979 bits per heavy atom. The number of benzene rings is 2. The van der Waals surface area contributed by atoms with E-state index in [1.165, 1.54) is 30.5 Å². The maximum absolute atomic E-state index is 15.1. The van der Waals surface area contributed by atoms with Gasteiger partial charge in [0.25, 0.3) is 6.43 Å². The van der Waals surface area contributed by atoms with Crippen LogP contribution in [0, 0.1) is 17.6 Å². The molecule has 47 heavy (non-hydrogen) atoms. The Hall–Kier alpha value is -4.13. The molecule has 1 aliphatic rings. The van der Waals surface area contributed by atoms with Crippen molar-refractivity contribution >= 4 is 32.8 Å². The molecule has 1 fully saturated rings. The van der Waals surface area contributed by atoms with Crippen molar-refractivity contribution in [2.45, 2.75) is 82.4 Å². The molecule has 0 radical (unpaired) electrons. The van der Waals surface area contributed by atoms with Crippen LogP contribution < -0.4 is 5.32 Å². The number of pyridine rings is 1. The predicted molar refractivity (Wildman–Crippen MR) is 170 cm³/mol. The van der Waals surface area contributed by atoms with Crippen LogP contribution in [0.4, 0.5) is 23.5 Å². The van der Waals surface area contributed by atoms with Gasteiger partial charge >= 0.3 is 5.97 Å². The van der Waals surface area contributed by atoms with Gasteiger partial charge in [-0.3, -0.25) is 4.79 Å². The molecule has 2 aromatic carbocycles. The lowest BCUT2D eigenvalue weighted by Crippen LogP contribution is -2.30. The third-order valence-corrected chi connectivity index (χ3v) is 9.41. The maximum atomic E-state index is 15.1. The largest absolute Gasteiger partial charge is 0.460 e. The number of aromatic nitrogens is 3. The quantitative estimate of drug-likeness (QED) is 0.135. The Bertz CT molecular complexity index is 1860. The summed E-state index contributed by atoms with van der Waals surface area (Å²) in [7, 11) is -3.79. The molecule has 2 heterocycles. The normalized spacial score (nSPS) is 17.2.